The molecule has 0 atom stereocenters. The molecular formula is C23H20O4. The number of ether oxygens (including phenoxy) is 2. The maximum absolute atomic E-state index is 12.2. The molecule has 0 heterocycles. The van der Waals surface area contributed by atoms with Gasteiger partial charge < -0.3 is 9.47 Å². The van der Waals surface area contributed by atoms with E-state index in [1.165, 1.54) is 6.92 Å². The van der Waals surface area contributed by atoms with Crippen molar-refractivity contribution in [3.8, 4) is 11.5 Å². The van der Waals surface area contributed by atoms with Crippen molar-refractivity contribution in [2.24, 2.45) is 0 Å². The van der Waals surface area contributed by atoms with Gasteiger partial charge in [-0.1, -0.05) is 60.7 Å². The molecule has 27 heavy (non-hydrogen) atoms. The number of hydrogen-bond acceptors (Lipinski definition) is 4. The molecule has 3 aromatic rings. The van der Waals surface area contributed by atoms with Crippen LogP contribution < -0.4 is 9.47 Å². The fourth-order valence-electron chi connectivity index (χ4n) is 2.66. The fraction of sp³-hybridized carbons (Fsp3) is 0.130. The van der Waals surface area contributed by atoms with Crippen LogP contribution >= 0.6 is 0 Å². The van der Waals surface area contributed by atoms with Gasteiger partial charge in [0.25, 0.3) is 0 Å². The van der Waals surface area contributed by atoms with Crippen molar-refractivity contribution in [3.63, 3.8) is 0 Å². The van der Waals surface area contributed by atoms with E-state index in [4.69, 9.17) is 9.47 Å². The topological polar surface area (TPSA) is 52.6 Å². The molecule has 136 valence electrons. The maximum Gasteiger partial charge on any atom is 0.349 e. The normalized spacial score (nSPS) is 10.3. The molecule has 0 saturated heterocycles. The van der Waals surface area contributed by atoms with Crippen molar-refractivity contribution in [3.05, 3.63) is 95.6 Å². The molecule has 0 amide bonds. The lowest BCUT2D eigenvalue weighted by Gasteiger charge is -2.11. The molecular weight excluding hydrogens is 340 g/mol. The second-order valence-corrected chi connectivity index (χ2v) is 6.12. The highest BCUT2D eigenvalue weighted by Crippen LogP contribution is 2.22. The molecule has 0 bridgehead atoms. The average molecular weight is 360 g/mol. The predicted octanol–water partition coefficient (Wildman–Crippen LogP) is 4.46. The second kappa shape index (κ2) is 8.81. The van der Waals surface area contributed by atoms with Gasteiger partial charge in [0.1, 0.15) is 11.5 Å². The van der Waals surface area contributed by atoms with Crippen molar-refractivity contribution in [2.45, 2.75) is 13.3 Å². The number of carbonyl (C=O) groups excluding carboxylic acids is 2. The summed E-state index contributed by atoms with van der Waals surface area (Å²) in [6.07, 6.45) is 0.672. The van der Waals surface area contributed by atoms with Crippen LogP contribution in [0.25, 0.3) is 0 Å². The van der Waals surface area contributed by atoms with Crippen LogP contribution in [0.4, 0.5) is 0 Å². The summed E-state index contributed by atoms with van der Waals surface area (Å²) >= 11 is 0. The van der Waals surface area contributed by atoms with Crippen LogP contribution in [-0.4, -0.2) is 18.4 Å². The summed E-state index contributed by atoms with van der Waals surface area (Å²) in [5.41, 5.74) is 2.60. The number of rotatable bonds is 7. The smallest absolute Gasteiger partial charge is 0.349 e. The van der Waals surface area contributed by atoms with Gasteiger partial charge >= 0.3 is 5.97 Å². The SMILES string of the molecule is CC(=O)c1cccc(OCC(=O)Oc2ccccc2Cc2ccccc2)c1. The Morgan fingerprint density at radius 3 is 2.37 bits per heavy atom. The quantitative estimate of drug-likeness (QED) is 0.354. The number of para-hydroxylation sites is 1. The van der Waals surface area contributed by atoms with Crippen molar-refractivity contribution < 1.29 is 19.1 Å². The van der Waals surface area contributed by atoms with Crippen LogP contribution in [0.5, 0.6) is 11.5 Å². The van der Waals surface area contributed by atoms with Crippen LogP contribution in [0.3, 0.4) is 0 Å². The van der Waals surface area contributed by atoms with E-state index in [9.17, 15) is 9.59 Å². The molecule has 0 spiro atoms. The third-order valence-electron chi connectivity index (χ3n) is 4.03. The summed E-state index contributed by atoms with van der Waals surface area (Å²) in [6, 6.07) is 24.2. The van der Waals surface area contributed by atoms with Crippen molar-refractivity contribution in [1.29, 1.82) is 0 Å². The van der Waals surface area contributed by atoms with Gasteiger partial charge in [-0.25, -0.2) is 4.79 Å². The lowest BCUT2D eigenvalue weighted by molar-refractivity contribution is -0.136. The number of ketones is 1. The Bertz CT molecular complexity index is 932. The molecule has 0 radical (unpaired) electrons. The maximum atomic E-state index is 12.2. The van der Waals surface area contributed by atoms with Gasteiger partial charge in [-0.2, -0.15) is 0 Å². The van der Waals surface area contributed by atoms with Crippen LogP contribution in [0.2, 0.25) is 0 Å². The first-order valence-electron chi connectivity index (χ1n) is 8.68. The molecule has 3 aromatic carbocycles. The molecule has 0 aliphatic heterocycles. The summed E-state index contributed by atoms with van der Waals surface area (Å²) in [5.74, 6) is 0.422. The zero-order valence-electron chi connectivity index (χ0n) is 15.1. The number of carbonyl (C=O) groups is 2. The highest BCUT2D eigenvalue weighted by molar-refractivity contribution is 5.94. The zero-order chi connectivity index (χ0) is 19.1. The molecule has 0 aliphatic carbocycles. The fourth-order valence-corrected chi connectivity index (χ4v) is 2.66. The van der Waals surface area contributed by atoms with E-state index in [0.29, 0.717) is 23.5 Å². The Kier molecular flexibility index (Phi) is 6.00. The Morgan fingerprint density at radius 2 is 1.59 bits per heavy atom. The van der Waals surface area contributed by atoms with E-state index in [1.807, 2.05) is 48.5 Å². The molecule has 0 unspecified atom stereocenters. The highest BCUT2D eigenvalue weighted by atomic mass is 16.6. The lowest BCUT2D eigenvalue weighted by Crippen LogP contribution is -2.18. The molecule has 0 saturated carbocycles. The first-order valence-corrected chi connectivity index (χ1v) is 8.68. The van der Waals surface area contributed by atoms with Crippen molar-refractivity contribution in [1.82, 2.24) is 0 Å². The van der Waals surface area contributed by atoms with E-state index in [-0.39, 0.29) is 12.4 Å². The van der Waals surface area contributed by atoms with Crippen LogP contribution in [0.1, 0.15) is 28.4 Å². The Labute approximate surface area is 158 Å². The van der Waals surface area contributed by atoms with Crippen LogP contribution in [0, 0.1) is 0 Å². The van der Waals surface area contributed by atoms with Gasteiger partial charge in [-0.15, -0.1) is 0 Å². The largest absolute Gasteiger partial charge is 0.482 e. The summed E-state index contributed by atoms with van der Waals surface area (Å²) in [6.45, 7) is 1.25. The lowest BCUT2D eigenvalue weighted by atomic mass is 10.0. The number of esters is 1. The minimum atomic E-state index is -0.497. The Balaban J connectivity index is 1.63. The van der Waals surface area contributed by atoms with Crippen LogP contribution in [-0.2, 0) is 11.2 Å². The molecule has 0 aliphatic rings. The van der Waals surface area contributed by atoms with Gasteiger partial charge in [0.15, 0.2) is 12.4 Å². The zero-order valence-corrected chi connectivity index (χ0v) is 15.1. The highest BCUT2D eigenvalue weighted by Gasteiger charge is 2.11. The molecule has 0 fully saturated rings. The Hall–Kier alpha value is -3.40. The number of Topliss-reactive ketones (excluding diaryl/α,β-unsaturated/α-hetero) is 1. The van der Waals surface area contributed by atoms with E-state index in [2.05, 4.69) is 0 Å². The number of benzene rings is 3. The first kappa shape index (κ1) is 18.4. The van der Waals surface area contributed by atoms with Crippen molar-refractivity contribution in [2.75, 3.05) is 6.61 Å². The molecule has 0 N–H and O–H groups in total. The molecule has 4 heteroatoms. The minimum Gasteiger partial charge on any atom is -0.482 e. The van der Waals surface area contributed by atoms with Gasteiger partial charge in [0, 0.05) is 12.0 Å². The Morgan fingerprint density at radius 1 is 0.852 bits per heavy atom. The molecule has 3 rings (SSSR count). The summed E-state index contributed by atoms with van der Waals surface area (Å²) in [7, 11) is 0. The van der Waals surface area contributed by atoms with E-state index >= 15 is 0 Å². The van der Waals surface area contributed by atoms with Gasteiger partial charge in [0.2, 0.25) is 0 Å². The van der Waals surface area contributed by atoms with Gasteiger partial charge in [0.05, 0.1) is 0 Å². The van der Waals surface area contributed by atoms with E-state index < -0.39 is 5.97 Å². The van der Waals surface area contributed by atoms with Gasteiger partial charge in [-0.05, 0) is 36.2 Å². The third kappa shape index (κ3) is 5.28. The average Bonchev–Trinajstić information content (AvgIpc) is 2.69. The van der Waals surface area contributed by atoms with E-state index in [1.54, 1.807) is 30.3 Å². The van der Waals surface area contributed by atoms with E-state index in [0.717, 1.165) is 11.1 Å². The first-order chi connectivity index (χ1) is 13.1. The monoisotopic (exact) mass is 360 g/mol. The standard InChI is InChI=1S/C23H20O4/c1-17(24)19-11-7-12-21(15-19)26-16-23(25)27-22-13-6-5-10-20(22)14-18-8-3-2-4-9-18/h2-13,15H,14,16H2,1H3. The predicted molar refractivity (Wildman–Crippen MR) is 103 cm³/mol. The summed E-state index contributed by atoms with van der Waals surface area (Å²) < 4.78 is 10.9. The molecule has 4 nitrogen and oxygen atoms in total. The molecule has 0 aromatic heterocycles. The third-order valence-corrected chi connectivity index (χ3v) is 4.03. The second-order valence-electron chi connectivity index (χ2n) is 6.12. The summed E-state index contributed by atoms with van der Waals surface area (Å²) in [5, 5.41) is 0. The summed E-state index contributed by atoms with van der Waals surface area (Å²) in [4.78, 5) is 23.6. The van der Waals surface area contributed by atoms with Gasteiger partial charge in [-0.3, -0.25) is 4.79 Å². The minimum absolute atomic E-state index is 0.0575. The number of hydrogen-bond donors (Lipinski definition) is 0. The van der Waals surface area contributed by atoms with Crippen LogP contribution in [0.15, 0.2) is 78.9 Å². The van der Waals surface area contributed by atoms with Crippen molar-refractivity contribution >= 4 is 11.8 Å².